The van der Waals surface area contributed by atoms with Crippen molar-refractivity contribution in [1.29, 1.82) is 0 Å². The molecule has 1 aromatic carbocycles. The van der Waals surface area contributed by atoms with E-state index in [1.165, 1.54) is 0 Å². The molecule has 0 spiro atoms. The van der Waals surface area contributed by atoms with Gasteiger partial charge in [-0.15, -0.1) is 0 Å². The molecule has 1 aliphatic rings. The Morgan fingerprint density at radius 3 is 2.70 bits per heavy atom. The normalized spacial score (nSPS) is 13.6. The highest BCUT2D eigenvalue weighted by molar-refractivity contribution is 5.79. The van der Waals surface area contributed by atoms with Crippen molar-refractivity contribution in [2.24, 2.45) is 0 Å². The number of nitrogen functional groups attached to an aromatic ring is 1. The zero-order valence-electron chi connectivity index (χ0n) is 10.9. The lowest BCUT2D eigenvalue weighted by atomic mass is 10.1. The summed E-state index contributed by atoms with van der Waals surface area (Å²) in [5, 5.41) is 0. The maximum absolute atomic E-state index is 6.04. The third-order valence-electron chi connectivity index (χ3n) is 3.69. The summed E-state index contributed by atoms with van der Waals surface area (Å²) < 4.78 is 0. The molecule has 0 amide bonds. The number of rotatable bonds is 1. The summed E-state index contributed by atoms with van der Waals surface area (Å²) in [7, 11) is 0. The second-order valence-corrected chi connectivity index (χ2v) is 4.97. The fraction of sp³-hybridized carbons (Fsp3) is 0.200. The first-order chi connectivity index (χ1) is 9.81. The molecular weight excluding hydrogens is 250 g/mol. The maximum Gasteiger partial charge on any atom is 0.161 e. The van der Waals surface area contributed by atoms with Crippen LogP contribution in [0.3, 0.4) is 0 Å². The molecule has 5 nitrogen and oxygen atoms in total. The molecule has 1 aliphatic carbocycles. The number of nitrogens with two attached hydrogens (primary N) is 1. The molecule has 0 bridgehead atoms. The second-order valence-electron chi connectivity index (χ2n) is 4.97. The van der Waals surface area contributed by atoms with Gasteiger partial charge in [0.05, 0.1) is 11.0 Å². The quantitative estimate of drug-likeness (QED) is 0.728. The number of aryl methyl sites for hydroxylation is 1. The number of aromatic nitrogens is 4. The Labute approximate surface area is 115 Å². The van der Waals surface area contributed by atoms with Crippen LogP contribution in [0.2, 0.25) is 0 Å². The van der Waals surface area contributed by atoms with Crippen LogP contribution >= 0.6 is 0 Å². The highest BCUT2D eigenvalue weighted by Crippen LogP contribution is 2.28. The minimum Gasteiger partial charge on any atom is -0.383 e. The van der Waals surface area contributed by atoms with Crippen molar-refractivity contribution in [3.8, 4) is 11.4 Å². The van der Waals surface area contributed by atoms with E-state index in [4.69, 9.17) is 5.73 Å². The molecule has 0 aliphatic heterocycles. The summed E-state index contributed by atoms with van der Waals surface area (Å²) in [4.78, 5) is 17.7. The van der Waals surface area contributed by atoms with Gasteiger partial charge in [0.1, 0.15) is 5.82 Å². The van der Waals surface area contributed by atoms with Crippen LogP contribution in [0.5, 0.6) is 0 Å². The first kappa shape index (κ1) is 11.3. The summed E-state index contributed by atoms with van der Waals surface area (Å²) in [5.74, 6) is 1.29. The average Bonchev–Trinajstić information content (AvgIpc) is 2.96. The molecule has 20 heavy (non-hydrogen) atoms. The molecule has 2 aromatic heterocycles. The van der Waals surface area contributed by atoms with E-state index in [1.54, 1.807) is 12.4 Å². The van der Waals surface area contributed by atoms with Crippen molar-refractivity contribution < 1.29 is 0 Å². The first-order valence-corrected chi connectivity index (χ1v) is 6.68. The number of anilines is 1. The van der Waals surface area contributed by atoms with Gasteiger partial charge in [-0.1, -0.05) is 0 Å². The van der Waals surface area contributed by atoms with E-state index in [2.05, 4.69) is 19.9 Å². The molecule has 0 radical (unpaired) electrons. The van der Waals surface area contributed by atoms with Crippen LogP contribution in [0.1, 0.15) is 17.7 Å². The molecule has 5 heteroatoms. The standard InChI is InChI=1S/C15H13N5/c16-14-10-2-1-3-11(10)19-15(20-14)9-4-5-12-13(8-9)18-7-6-17-12/h4-8H,1-3H2,(H2,16,19,20). The molecule has 3 aromatic rings. The predicted molar refractivity (Wildman–Crippen MR) is 77.0 cm³/mol. The molecule has 0 fully saturated rings. The van der Waals surface area contributed by atoms with Crippen LogP contribution in [0, 0.1) is 0 Å². The van der Waals surface area contributed by atoms with Gasteiger partial charge in [0.2, 0.25) is 0 Å². The Morgan fingerprint density at radius 2 is 1.80 bits per heavy atom. The fourth-order valence-corrected chi connectivity index (χ4v) is 2.69. The van der Waals surface area contributed by atoms with Gasteiger partial charge in [-0.2, -0.15) is 0 Å². The first-order valence-electron chi connectivity index (χ1n) is 6.68. The van der Waals surface area contributed by atoms with Crippen molar-refractivity contribution in [1.82, 2.24) is 19.9 Å². The largest absolute Gasteiger partial charge is 0.383 e. The van der Waals surface area contributed by atoms with Gasteiger partial charge < -0.3 is 5.73 Å². The number of benzene rings is 1. The van der Waals surface area contributed by atoms with Gasteiger partial charge in [0, 0.05) is 29.2 Å². The van der Waals surface area contributed by atoms with Crippen LogP contribution in [-0.2, 0) is 12.8 Å². The monoisotopic (exact) mass is 263 g/mol. The van der Waals surface area contributed by atoms with Gasteiger partial charge in [0.25, 0.3) is 0 Å². The summed E-state index contributed by atoms with van der Waals surface area (Å²) in [6, 6.07) is 5.86. The Morgan fingerprint density at radius 1 is 0.950 bits per heavy atom. The highest BCUT2D eigenvalue weighted by Gasteiger charge is 2.18. The predicted octanol–water partition coefficient (Wildman–Crippen LogP) is 2.16. The van der Waals surface area contributed by atoms with Crippen LogP contribution in [0.15, 0.2) is 30.6 Å². The van der Waals surface area contributed by atoms with Gasteiger partial charge in [0.15, 0.2) is 5.82 Å². The number of hydrogen-bond acceptors (Lipinski definition) is 5. The van der Waals surface area contributed by atoms with Crippen molar-refractivity contribution in [2.45, 2.75) is 19.3 Å². The topological polar surface area (TPSA) is 77.6 Å². The van der Waals surface area contributed by atoms with Crippen LogP contribution in [0.4, 0.5) is 5.82 Å². The summed E-state index contributed by atoms with van der Waals surface area (Å²) in [6.07, 6.45) is 6.46. The van der Waals surface area contributed by atoms with Crippen molar-refractivity contribution in [2.75, 3.05) is 5.73 Å². The number of nitrogens with zero attached hydrogens (tertiary/aromatic N) is 4. The molecule has 0 saturated carbocycles. The van der Waals surface area contributed by atoms with Crippen LogP contribution in [0.25, 0.3) is 22.4 Å². The molecule has 0 atom stereocenters. The lowest BCUT2D eigenvalue weighted by Crippen LogP contribution is -2.02. The molecular formula is C15H13N5. The summed E-state index contributed by atoms with van der Waals surface area (Å²) >= 11 is 0. The minimum absolute atomic E-state index is 0.613. The zero-order chi connectivity index (χ0) is 13.5. The molecule has 2 heterocycles. The lowest BCUT2D eigenvalue weighted by Gasteiger charge is -2.07. The Hall–Kier alpha value is -2.56. The molecule has 0 unspecified atom stereocenters. The van der Waals surface area contributed by atoms with Crippen molar-refractivity contribution in [3.05, 3.63) is 41.9 Å². The van der Waals surface area contributed by atoms with Crippen molar-refractivity contribution in [3.63, 3.8) is 0 Å². The highest BCUT2D eigenvalue weighted by atomic mass is 15.0. The Bertz CT molecular complexity index is 812. The third kappa shape index (κ3) is 1.71. The van der Waals surface area contributed by atoms with Crippen molar-refractivity contribution >= 4 is 16.9 Å². The Kier molecular flexibility index (Phi) is 2.39. The summed E-state index contributed by atoms with van der Waals surface area (Å²) in [5.41, 5.74) is 10.9. The third-order valence-corrected chi connectivity index (χ3v) is 3.69. The van der Waals surface area contributed by atoms with E-state index >= 15 is 0 Å². The van der Waals surface area contributed by atoms with Crippen LogP contribution < -0.4 is 5.73 Å². The summed E-state index contributed by atoms with van der Waals surface area (Å²) in [6.45, 7) is 0. The van der Waals surface area contributed by atoms with E-state index in [0.717, 1.165) is 47.1 Å². The average molecular weight is 263 g/mol. The Balaban J connectivity index is 1.88. The van der Waals surface area contributed by atoms with E-state index < -0.39 is 0 Å². The zero-order valence-corrected chi connectivity index (χ0v) is 10.9. The number of hydrogen-bond donors (Lipinski definition) is 1. The SMILES string of the molecule is Nc1nc(-c2ccc3nccnc3c2)nc2c1CCC2. The minimum atomic E-state index is 0.613. The van der Waals surface area contributed by atoms with Gasteiger partial charge in [-0.3, -0.25) is 9.97 Å². The van der Waals surface area contributed by atoms with E-state index in [-0.39, 0.29) is 0 Å². The van der Waals surface area contributed by atoms with E-state index in [9.17, 15) is 0 Å². The second kappa shape index (κ2) is 4.23. The molecule has 98 valence electrons. The van der Waals surface area contributed by atoms with Gasteiger partial charge >= 0.3 is 0 Å². The molecule has 0 saturated heterocycles. The molecule has 4 rings (SSSR count). The van der Waals surface area contributed by atoms with Gasteiger partial charge in [-0.25, -0.2) is 9.97 Å². The molecule has 2 N–H and O–H groups in total. The maximum atomic E-state index is 6.04. The smallest absolute Gasteiger partial charge is 0.161 e. The fourth-order valence-electron chi connectivity index (χ4n) is 2.69. The van der Waals surface area contributed by atoms with Gasteiger partial charge in [-0.05, 0) is 37.5 Å². The van der Waals surface area contributed by atoms with E-state index in [1.807, 2.05) is 18.2 Å². The van der Waals surface area contributed by atoms with E-state index in [0.29, 0.717) is 11.6 Å². The lowest BCUT2D eigenvalue weighted by molar-refractivity contribution is 0.900. The van der Waals surface area contributed by atoms with Crippen LogP contribution in [-0.4, -0.2) is 19.9 Å². The number of fused-ring (bicyclic) bond motifs is 2.